The number of rotatable bonds is 20. The van der Waals surface area contributed by atoms with Gasteiger partial charge in [-0.3, -0.25) is 39.6 Å². The van der Waals surface area contributed by atoms with Crippen molar-refractivity contribution in [1.82, 2.24) is 29.7 Å². The van der Waals surface area contributed by atoms with Crippen LogP contribution in [0.1, 0.15) is 102 Å². The fourth-order valence-corrected chi connectivity index (χ4v) is 9.97. The number of anilines is 1. The van der Waals surface area contributed by atoms with Crippen molar-refractivity contribution in [1.29, 1.82) is 5.41 Å². The lowest BCUT2D eigenvalue weighted by atomic mass is 9.93. The van der Waals surface area contributed by atoms with Crippen LogP contribution in [0.5, 0.6) is 0 Å². The number of aromatic nitrogens is 3. The quantitative estimate of drug-likeness (QED) is 0.0309. The van der Waals surface area contributed by atoms with Crippen molar-refractivity contribution in [2.75, 3.05) is 44.8 Å². The van der Waals surface area contributed by atoms with Crippen LogP contribution in [0.2, 0.25) is 0 Å². The standard InChI is InChI=1S/C57H60N8O8/c58-53-51-49(40-16-6-3-7-17-40)52(41-18-8-4-9-19-41)63(54(51)61-37-64(53)42-22-24-43(66)25-23-42)36-39-15-11-14-38(35-39)13-5-1-2-10-29-60-47(67)28-31-72-33-34-73-32-30-59-45-21-12-20-44-50(45)57(71)65(56(44)70)46-26-27-48(68)62-55(46)69/h3-4,6-9,11-12,14-21,35,37,42-43,46,58-59,66H,1-2,10,22-34,36H2,(H,60,67)(H,62,68,69). The number of fused-ring (bicyclic) bond motifs is 2. The molecule has 1 unspecified atom stereocenters. The van der Waals surface area contributed by atoms with E-state index in [1.54, 1.807) is 18.2 Å². The van der Waals surface area contributed by atoms with E-state index in [9.17, 15) is 34.5 Å². The van der Waals surface area contributed by atoms with Crippen molar-refractivity contribution in [3.05, 3.63) is 137 Å². The van der Waals surface area contributed by atoms with E-state index in [1.165, 1.54) is 0 Å². The van der Waals surface area contributed by atoms with Gasteiger partial charge in [0, 0.05) is 61.8 Å². The molecule has 1 saturated heterocycles. The van der Waals surface area contributed by atoms with Crippen molar-refractivity contribution >= 4 is 46.3 Å². The molecule has 16 heteroatoms. The maximum Gasteiger partial charge on any atom is 0.264 e. The van der Waals surface area contributed by atoms with Crippen LogP contribution in [-0.2, 0) is 30.4 Å². The maximum absolute atomic E-state index is 13.3. The lowest BCUT2D eigenvalue weighted by Crippen LogP contribution is -2.54. The summed E-state index contributed by atoms with van der Waals surface area (Å²) in [6, 6.07) is 32.8. The minimum atomic E-state index is -1.03. The van der Waals surface area contributed by atoms with Crippen molar-refractivity contribution in [3.63, 3.8) is 0 Å². The normalized spacial score (nSPS) is 17.5. The average molecular weight is 985 g/mol. The summed E-state index contributed by atoms with van der Waals surface area (Å²) in [5.74, 6) is 4.34. The molecule has 2 aromatic heterocycles. The first-order valence-corrected chi connectivity index (χ1v) is 25.2. The Morgan fingerprint density at radius 3 is 2.30 bits per heavy atom. The number of amides is 5. The molecule has 5 amide bonds. The van der Waals surface area contributed by atoms with Crippen molar-refractivity contribution < 1.29 is 38.6 Å². The second-order valence-electron chi connectivity index (χ2n) is 18.6. The Hall–Kier alpha value is -7.71. The summed E-state index contributed by atoms with van der Waals surface area (Å²) in [4.78, 5) is 68.8. The average Bonchev–Trinajstić information content (AvgIpc) is 3.87. The number of hydrogen-bond donors (Lipinski definition) is 5. The summed E-state index contributed by atoms with van der Waals surface area (Å²) >= 11 is 0. The van der Waals surface area contributed by atoms with Crippen LogP contribution >= 0.6 is 0 Å². The largest absolute Gasteiger partial charge is 0.393 e. The minimum Gasteiger partial charge on any atom is -0.393 e. The number of aliphatic hydroxyl groups is 1. The third-order valence-electron chi connectivity index (χ3n) is 13.6. The zero-order chi connectivity index (χ0) is 50.7. The predicted molar refractivity (Wildman–Crippen MR) is 275 cm³/mol. The molecule has 2 fully saturated rings. The smallest absolute Gasteiger partial charge is 0.264 e. The summed E-state index contributed by atoms with van der Waals surface area (Å²) in [7, 11) is 0. The molecule has 2 aliphatic heterocycles. The molecule has 6 aromatic rings. The summed E-state index contributed by atoms with van der Waals surface area (Å²) < 4.78 is 15.5. The molecule has 3 aliphatic rings. The van der Waals surface area contributed by atoms with Crippen LogP contribution in [-0.4, -0.2) is 105 Å². The summed E-state index contributed by atoms with van der Waals surface area (Å²) in [5.41, 5.74) is 8.04. The fourth-order valence-electron chi connectivity index (χ4n) is 9.97. The highest BCUT2D eigenvalue weighted by atomic mass is 16.5. The Kier molecular flexibility index (Phi) is 16.3. The highest BCUT2D eigenvalue weighted by Gasteiger charge is 2.45. The lowest BCUT2D eigenvalue weighted by Gasteiger charge is -2.27. The molecule has 0 bridgehead atoms. The third-order valence-corrected chi connectivity index (χ3v) is 13.6. The number of nitrogens with one attached hydrogen (secondary N) is 4. The van der Waals surface area contributed by atoms with Gasteiger partial charge >= 0.3 is 0 Å². The van der Waals surface area contributed by atoms with Crippen LogP contribution < -0.4 is 21.4 Å². The summed E-state index contributed by atoms with van der Waals surface area (Å²) in [6.07, 6.45) is 7.24. The van der Waals surface area contributed by atoms with Gasteiger partial charge in [0.2, 0.25) is 17.7 Å². The van der Waals surface area contributed by atoms with E-state index in [1.807, 2.05) is 59.4 Å². The van der Waals surface area contributed by atoms with Crippen LogP contribution in [0.15, 0.2) is 109 Å². The highest BCUT2D eigenvalue weighted by Crippen LogP contribution is 2.40. The lowest BCUT2D eigenvalue weighted by molar-refractivity contribution is -0.136. The van der Waals surface area contributed by atoms with Gasteiger partial charge in [-0.05, 0) is 85.9 Å². The second-order valence-corrected chi connectivity index (χ2v) is 18.6. The van der Waals surface area contributed by atoms with Gasteiger partial charge in [-0.15, -0.1) is 0 Å². The van der Waals surface area contributed by atoms with E-state index in [0.29, 0.717) is 69.9 Å². The van der Waals surface area contributed by atoms with Crippen molar-refractivity contribution in [3.8, 4) is 34.2 Å². The van der Waals surface area contributed by atoms with Crippen LogP contribution in [0.3, 0.4) is 0 Å². The van der Waals surface area contributed by atoms with Crippen LogP contribution in [0, 0.1) is 17.3 Å². The molecular weight excluding hydrogens is 925 g/mol. The SMILES string of the molecule is N=c1c2c(-c3ccccc3)c(-c3ccccc3)n(Cc3cccc(C#CCCCCNC(=O)CCOCCOCCNc4cccc5c4C(=O)N(C4CCC(=O)NC4=O)C5=O)c3)c2ncn1C1CCC(O)CC1. The molecule has 0 radical (unpaired) electrons. The van der Waals surface area contributed by atoms with Crippen LogP contribution in [0.25, 0.3) is 33.4 Å². The Bertz CT molecular complexity index is 3110. The molecule has 16 nitrogen and oxygen atoms in total. The number of piperidine rings is 1. The summed E-state index contributed by atoms with van der Waals surface area (Å²) in [6.45, 7) is 2.57. The Balaban J connectivity index is 0.710. The molecule has 4 heterocycles. The molecule has 1 saturated carbocycles. The van der Waals surface area contributed by atoms with Gasteiger partial charge < -0.3 is 34.3 Å². The molecule has 376 valence electrons. The maximum atomic E-state index is 13.3. The Morgan fingerprint density at radius 2 is 1.53 bits per heavy atom. The van der Waals surface area contributed by atoms with Crippen molar-refractivity contribution in [2.45, 2.75) is 88.9 Å². The van der Waals surface area contributed by atoms with E-state index in [0.717, 1.165) is 75.1 Å². The van der Waals surface area contributed by atoms with E-state index >= 15 is 0 Å². The minimum absolute atomic E-state index is 0.0508. The molecular formula is C57H60N8O8. The molecule has 1 atom stereocenters. The third kappa shape index (κ3) is 11.7. The van der Waals surface area contributed by atoms with E-state index in [4.69, 9.17) is 14.5 Å². The topological polar surface area (TPSA) is 210 Å². The first kappa shape index (κ1) is 50.2. The summed E-state index contributed by atoms with van der Waals surface area (Å²) in [5, 5.41) is 29.0. The Labute approximate surface area is 423 Å². The number of hydrogen-bond acceptors (Lipinski definition) is 11. The fraction of sp³-hybridized carbons (Fsp3) is 0.351. The van der Waals surface area contributed by atoms with Gasteiger partial charge in [0.05, 0.1) is 61.1 Å². The van der Waals surface area contributed by atoms with Gasteiger partial charge in [-0.25, -0.2) is 4.98 Å². The molecule has 5 N–H and O–H groups in total. The predicted octanol–water partition coefficient (Wildman–Crippen LogP) is 6.75. The number of aliphatic hydroxyl groups excluding tert-OH is 1. The van der Waals surface area contributed by atoms with E-state index in [2.05, 4.69) is 68.8 Å². The molecule has 1 aliphatic carbocycles. The van der Waals surface area contributed by atoms with Crippen molar-refractivity contribution in [2.24, 2.45) is 0 Å². The molecule has 4 aromatic carbocycles. The van der Waals surface area contributed by atoms with E-state index < -0.39 is 29.7 Å². The molecule has 73 heavy (non-hydrogen) atoms. The Morgan fingerprint density at radius 1 is 0.795 bits per heavy atom. The van der Waals surface area contributed by atoms with Gasteiger partial charge in [0.25, 0.3) is 11.8 Å². The van der Waals surface area contributed by atoms with Gasteiger partial charge in [0.15, 0.2) is 0 Å². The number of ether oxygens (including phenoxy) is 2. The number of unbranched alkanes of at least 4 members (excludes halogenated alkanes) is 2. The van der Waals surface area contributed by atoms with E-state index in [-0.39, 0.29) is 55.0 Å². The number of imide groups is 2. The number of carbonyl (C=O) groups excluding carboxylic acids is 5. The second kappa shape index (κ2) is 23.7. The monoisotopic (exact) mass is 984 g/mol. The number of nitrogens with zero attached hydrogens (tertiary/aromatic N) is 4. The van der Waals surface area contributed by atoms with Crippen LogP contribution in [0.4, 0.5) is 5.69 Å². The first-order valence-electron chi connectivity index (χ1n) is 25.2. The zero-order valence-electron chi connectivity index (χ0n) is 40.7. The first-order chi connectivity index (χ1) is 35.7. The zero-order valence-corrected chi connectivity index (χ0v) is 40.7. The molecule has 0 spiro atoms. The number of benzene rings is 4. The number of carbonyl (C=O) groups is 5. The van der Waals surface area contributed by atoms with Gasteiger partial charge in [-0.1, -0.05) is 90.7 Å². The van der Waals surface area contributed by atoms with Gasteiger partial charge in [0.1, 0.15) is 17.2 Å². The highest BCUT2D eigenvalue weighted by molar-refractivity contribution is 6.25. The molecule has 9 rings (SSSR count). The van der Waals surface area contributed by atoms with Gasteiger partial charge in [-0.2, -0.15) is 0 Å².